The normalized spacial score (nSPS) is 12.6. The molecule has 6 heteroatoms. The Bertz CT molecular complexity index is 516. The number of hydrogen-bond acceptors (Lipinski definition) is 5. The molecule has 1 unspecified atom stereocenters. The van der Waals surface area contributed by atoms with Gasteiger partial charge < -0.3 is 14.9 Å². The molecule has 2 aromatic rings. The van der Waals surface area contributed by atoms with E-state index in [1.807, 2.05) is 12.1 Å². The topological polar surface area (TPSA) is 71.2 Å². The van der Waals surface area contributed by atoms with Crippen LogP contribution in [0.5, 0.6) is 0 Å². The lowest BCUT2D eigenvalue weighted by Crippen LogP contribution is -2.21. The predicted octanol–water partition coefficient (Wildman–Crippen LogP) is 1.85. The van der Waals surface area contributed by atoms with E-state index < -0.39 is 6.10 Å². The van der Waals surface area contributed by atoms with Crippen LogP contribution < -0.4 is 5.32 Å². The van der Waals surface area contributed by atoms with Gasteiger partial charge in [-0.05, 0) is 13.0 Å². The molecule has 2 N–H and O–H groups in total. The van der Waals surface area contributed by atoms with Gasteiger partial charge in [0, 0.05) is 17.1 Å². The molecule has 1 aromatic carbocycles. The van der Waals surface area contributed by atoms with Gasteiger partial charge in [0.2, 0.25) is 5.89 Å². The molecule has 1 aromatic heterocycles. The fraction of sp³-hybridized carbons (Fsp3) is 0.333. The Kier molecular flexibility index (Phi) is 4.30. The van der Waals surface area contributed by atoms with Crippen molar-refractivity contribution < 1.29 is 9.63 Å². The molecule has 0 bridgehead atoms. The van der Waals surface area contributed by atoms with E-state index in [0.717, 1.165) is 0 Å². The van der Waals surface area contributed by atoms with Crippen molar-refractivity contribution in [2.24, 2.45) is 0 Å². The summed E-state index contributed by atoms with van der Waals surface area (Å²) in [6.45, 7) is 2.54. The van der Waals surface area contributed by atoms with Crippen molar-refractivity contribution in [3.63, 3.8) is 0 Å². The van der Waals surface area contributed by atoms with Gasteiger partial charge in [0.15, 0.2) is 5.82 Å². The summed E-state index contributed by atoms with van der Waals surface area (Å²) in [6.07, 6.45) is -0.664. The van der Waals surface area contributed by atoms with Crippen molar-refractivity contribution >= 4 is 11.6 Å². The van der Waals surface area contributed by atoms with Crippen molar-refractivity contribution in [2.45, 2.75) is 19.6 Å². The zero-order valence-electron chi connectivity index (χ0n) is 9.93. The number of halogens is 1. The van der Waals surface area contributed by atoms with Crippen LogP contribution in [0.1, 0.15) is 23.4 Å². The largest absolute Gasteiger partial charge is 0.387 e. The van der Waals surface area contributed by atoms with E-state index >= 15 is 0 Å². The first-order valence-electron chi connectivity index (χ1n) is 5.59. The average Bonchev–Trinajstić information content (AvgIpc) is 2.75. The van der Waals surface area contributed by atoms with E-state index in [-0.39, 0.29) is 0 Å². The number of rotatable bonds is 5. The SMILES string of the molecule is Cc1noc(CNCC(O)c2ccccc2Cl)n1. The second kappa shape index (κ2) is 5.95. The van der Waals surface area contributed by atoms with Crippen LogP contribution >= 0.6 is 11.6 Å². The van der Waals surface area contributed by atoms with Gasteiger partial charge in [-0.25, -0.2) is 0 Å². The van der Waals surface area contributed by atoms with Crippen LogP contribution in [0.2, 0.25) is 5.02 Å². The summed E-state index contributed by atoms with van der Waals surface area (Å²) < 4.78 is 4.94. The lowest BCUT2D eigenvalue weighted by molar-refractivity contribution is 0.172. The van der Waals surface area contributed by atoms with Crippen LogP contribution in [-0.4, -0.2) is 21.8 Å². The highest BCUT2D eigenvalue weighted by molar-refractivity contribution is 6.31. The molecule has 0 saturated carbocycles. The summed E-state index contributed by atoms with van der Waals surface area (Å²) in [4.78, 5) is 4.05. The molecule has 0 spiro atoms. The van der Waals surface area contributed by atoms with Crippen LogP contribution in [-0.2, 0) is 6.54 Å². The molecule has 0 aliphatic rings. The van der Waals surface area contributed by atoms with E-state index in [1.54, 1.807) is 19.1 Å². The molecule has 18 heavy (non-hydrogen) atoms. The van der Waals surface area contributed by atoms with Gasteiger partial charge in [-0.2, -0.15) is 4.98 Å². The Morgan fingerprint density at radius 2 is 2.22 bits per heavy atom. The van der Waals surface area contributed by atoms with Gasteiger partial charge in [0.1, 0.15) is 0 Å². The van der Waals surface area contributed by atoms with E-state index in [2.05, 4.69) is 15.5 Å². The van der Waals surface area contributed by atoms with E-state index in [4.69, 9.17) is 16.1 Å². The molecule has 0 saturated heterocycles. The van der Waals surface area contributed by atoms with Crippen molar-refractivity contribution in [3.05, 3.63) is 46.6 Å². The fourth-order valence-corrected chi connectivity index (χ4v) is 1.84. The third-order valence-electron chi connectivity index (χ3n) is 2.45. The molecule has 0 radical (unpaired) electrons. The number of nitrogens with zero attached hydrogens (tertiary/aromatic N) is 2. The average molecular weight is 268 g/mol. The van der Waals surface area contributed by atoms with E-state index in [1.165, 1.54) is 0 Å². The smallest absolute Gasteiger partial charge is 0.240 e. The Morgan fingerprint density at radius 1 is 1.44 bits per heavy atom. The molecule has 0 aliphatic heterocycles. The highest BCUT2D eigenvalue weighted by atomic mass is 35.5. The Hall–Kier alpha value is -1.43. The number of benzene rings is 1. The summed E-state index contributed by atoms with van der Waals surface area (Å²) in [6, 6.07) is 7.21. The standard InChI is InChI=1S/C12H14ClN3O2/c1-8-15-12(18-16-8)7-14-6-11(17)9-4-2-3-5-10(9)13/h2-5,11,14,17H,6-7H2,1H3. The molecule has 1 heterocycles. The number of aryl methyl sites for hydroxylation is 1. The first kappa shape index (κ1) is 13.0. The minimum absolute atomic E-state index is 0.366. The Morgan fingerprint density at radius 3 is 2.89 bits per heavy atom. The van der Waals surface area contributed by atoms with Crippen LogP contribution in [0.25, 0.3) is 0 Å². The van der Waals surface area contributed by atoms with Crippen LogP contribution in [0.3, 0.4) is 0 Å². The maximum Gasteiger partial charge on any atom is 0.240 e. The zero-order valence-corrected chi connectivity index (χ0v) is 10.7. The molecule has 96 valence electrons. The van der Waals surface area contributed by atoms with Crippen molar-refractivity contribution in [1.29, 1.82) is 0 Å². The number of nitrogens with one attached hydrogen (secondary N) is 1. The zero-order chi connectivity index (χ0) is 13.0. The highest BCUT2D eigenvalue weighted by Crippen LogP contribution is 2.21. The van der Waals surface area contributed by atoms with Gasteiger partial charge >= 0.3 is 0 Å². The van der Waals surface area contributed by atoms with Crippen molar-refractivity contribution in [3.8, 4) is 0 Å². The minimum atomic E-state index is -0.664. The predicted molar refractivity (Wildman–Crippen MR) is 67.2 cm³/mol. The summed E-state index contributed by atoms with van der Waals surface area (Å²) in [5.41, 5.74) is 0.702. The number of hydrogen-bond donors (Lipinski definition) is 2. The van der Waals surface area contributed by atoms with Gasteiger partial charge in [0.25, 0.3) is 0 Å². The molecule has 2 rings (SSSR count). The summed E-state index contributed by atoms with van der Waals surface area (Å²) in [5.74, 6) is 1.09. The molecule has 5 nitrogen and oxygen atoms in total. The molecule has 1 atom stereocenters. The van der Waals surface area contributed by atoms with Gasteiger partial charge in [-0.1, -0.05) is 35.0 Å². The number of aromatic nitrogens is 2. The highest BCUT2D eigenvalue weighted by Gasteiger charge is 2.11. The first-order valence-corrected chi connectivity index (χ1v) is 5.97. The maximum atomic E-state index is 9.97. The molecular weight excluding hydrogens is 254 g/mol. The van der Waals surface area contributed by atoms with Gasteiger partial charge in [0.05, 0.1) is 12.6 Å². The van der Waals surface area contributed by atoms with Gasteiger partial charge in [-0.15, -0.1) is 0 Å². The van der Waals surface area contributed by atoms with E-state index in [0.29, 0.717) is 35.4 Å². The fourth-order valence-electron chi connectivity index (χ4n) is 1.58. The summed E-state index contributed by atoms with van der Waals surface area (Å²) in [7, 11) is 0. The first-order chi connectivity index (χ1) is 8.66. The summed E-state index contributed by atoms with van der Waals surface area (Å²) >= 11 is 5.99. The van der Waals surface area contributed by atoms with Crippen LogP contribution in [0.15, 0.2) is 28.8 Å². The lowest BCUT2D eigenvalue weighted by atomic mass is 10.1. The Balaban J connectivity index is 1.85. The maximum absolute atomic E-state index is 9.97. The van der Waals surface area contributed by atoms with Gasteiger partial charge in [-0.3, -0.25) is 0 Å². The summed E-state index contributed by atoms with van der Waals surface area (Å²) in [5, 5.41) is 17.2. The van der Waals surface area contributed by atoms with Crippen LogP contribution in [0, 0.1) is 6.92 Å². The minimum Gasteiger partial charge on any atom is -0.387 e. The quantitative estimate of drug-likeness (QED) is 0.865. The monoisotopic (exact) mass is 267 g/mol. The van der Waals surface area contributed by atoms with Crippen LogP contribution in [0.4, 0.5) is 0 Å². The second-order valence-electron chi connectivity index (χ2n) is 3.90. The molecule has 0 amide bonds. The van der Waals surface area contributed by atoms with E-state index in [9.17, 15) is 5.11 Å². The Labute approximate surface area is 110 Å². The lowest BCUT2D eigenvalue weighted by Gasteiger charge is -2.12. The molecular formula is C12H14ClN3O2. The third kappa shape index (κ3) is 3.29. The molecule has 0 fully saturated rings. The number of aliphatic hydroxyl groups excluding tert-OH is 1. The van der Waals surface area contributed by atoms with Crippen molar-refractivity contribution in [2.75, 3.05) is 6.54 Å². The molecule has 0 aliphatic carbocycles. The number of aliphatic hydroxyl groups is 1. The second-order valence-corrected chi connectivity index (χ2v) is 4.31. The third-order valence-corrected chi connectivity index (χ3v) is 2.79. The van der Waals surface area contributed by atoms with Crippen molar-refractivity contribution in [1.82, 2.24) is 15.5 Å².